The molecule has 1 aliphatic heterocycles. The third-order valence-corrected chi connectivity index (χ3v) is 6.20. The van der Waals surface area contributed by atoms with Gasteiger partial charge < -0.3 is 10.2 Å². The first-order valence-corrected chi connectivity index (χ1v) is 11.2. The highest BCUT2D eigenvalue weighted by atomic mass is 19.4. The van der Waals surface area contributed by atoms with Crippen LogP contribution in [0, 0.1) is 12.8 Å². The number of anilines is 1. The van der Waals surface area contributed by atoms with Crippen LogP contribution in [0.15, 0.2) is 42.6 Å². The Labute approximate surface area is 186 Å². The van der Waals surface area contributed by atoms with Crippen LogP contribution in [0.5, 0.6) is 0 Å². The largest absolute Gasteiger partial charge is 0.417 e. The van der Waals surface area contributed by atoms with E-state index in [2.05, 4.69) is 46.4 Å². The van der Waals surface area contributed by atoms with Crippen LogP contribution in [0.2, 0.25) is 0 Å². The molecule has 4 rings (SSSR count). The zero-order valence-electron chi connectivity index (χ0n) is 18.2. The number of hydrogen-bond acceptors (Lipinski definition) is 4. The van der Waals surface area contributed by atoms with E-state index in [0.29, 0.717) is 37.9 Å². The van der Waals surface area contributed by atoms with Crippen LogP contribution in [0.25, 0.3) is 0 Å². The molecular formula is C24H29F3N4O. The molecule has 32 heavy (non-hydrogen) atoms. The number of pyridine rings is 1. The van der Waals surface area contributed by atoms with Crippen LogP contribution in [-0.2, 0) is 11.0 Å². The number of amides is 1. The number of aromatic nitrogens is 1. The lowest BCUT2D eigenvalue weighted by atomic mass is 10.0. The minimum absolute atomic E-state index is 0.0172. The molecule has 2 aliphatic rings. The SMILES string of the molecule is Cc1ccc(C(NC(=O)CN2CCCN(c3ccc(C(F)(F)F)cn3)CC2)C2CC2)cc1. The summed E-state index contributed by atoms with van der Waals surface area (Å²) in [6.45, 7) is 5.12. The fraction of sp³-hybridized carbons (Fsp3) is 0.500. The molecule has 0 bridgehead atoms. The highest BCUT2D eigenvalue weighted by Gasteiger charge is 2.34. The number of alkyl halides is 3. The number of carbonyl (C=O) groups excluding carboxylic acids is 1. The summed E-state index contributed by atoms with van der Waals surface area (Å²) in [6.07, 6.45) is -0.408. The second-order valence-electron chi connectivity index (χ2n) is 8.81. The van der Waals surface area contributed by atoms with Crippen molar-refractivity contribution in [1.82, 2.24) is 15.2 Å². The molecule has 5 nitrogen and oxygen atoms in total. The van der Waals surface area contributed by atoms with E-state index in [1.807, 2.05) is 4.90 Å². The molecule has 0 spiro atoms. The molecule has 2 fully saturated rings. The van der Waals surface area contributed by atoms with Crippen molar-refractivity contribution in [2.45, 2.75) is 38.4 Å². The van der Waals surface area contributed by atoms with Crippen molar-refractivity contribution in [3.8, 4) is 0 Å². The number of benzene rings is 1. The van der Waals surface area contributed by atoms with E-state index in [0.717, 1.165) is 43.6 Å². The first kappa shape index (κ1) is 22.6. The van der Waals surface area contributed by atoms with E-state index in [1.165, 1.54) is 11.6 Å². The monoisotopic (exact) mass is 446 g/mol. The minimum atomic E-state index is -4.38. The minimum Gasteiger partial charge on any atom is -0.355 e. The van der Waals surface area contributed by atoms with Crippen LogP contribution in [-0.4, -0.2) is 48.5 Å². The maximum Gasteiger partial charge on any atom is 0.417 e. The number of halogens is 3. The lowest BCUT2D eigenvalue weighted by molar-refractivity contribution is -0.137. The second kappa shape index (κ2) is 9.48. The summed E-state index contributed by atoms with van der Waals surface area (Å²) in [7, 11) is 0. The molecule has 1 unspecified atom stereocenters. The Bertz CT molecular complexity index is 910. The number of carbonyl (C=O) groups is 1. The van der Waals surface area contributed by atoms with Crippen LogP contribution in [0.1, 0.15) is 42.0 Å². The first-order chi connectivity index (χ1) is 15.3. The van der Waals surface area contributed by atoms with E-state index in [4.69, 9.17) is 0 Å². The molecule has 1 aromatic carbocycles. The highest BCUT2D eigenvalue weighted by molar-refractivity contribution is 5.78. The normalized spacial score (nSPS) is 18.8. The Kier molecular flexibility index (Phi) is 6.69. The van der Waals surface area contributed by atoms with Crippen molar-refractivity contribution >= 4 is 11.7 Å². The van der Waals surface area contributed by atoms with Gasteiger partial charge in [0.2, 0.25) is 5.91 Å². The third-order valence-electron chi connectivity index (χ3n) is 6.20. The predicted molar refractivity (Wildman–Crippen MR) is 117 cm³/mol. The predicted octanol–water partition coefficient (Wildman–Crippen LogP) is 4.19. The van der Waals surface area contributed by atoms with Crippen molar-refractivity contribution in [2.24, 2.45) is 5.92 Å². The quantitative estimate of drug-likeness (QED) is 0.723. The van der Waals surface area contributed by atoms with Crippen molar-refractivity contribution in [1.29, 1.82) is 0 Å². The standard InChI is InChI=1S/C24H29F3N4O/c1-17-3-5-18(6-4-17)23(19-7-8-19)29-22(32)16-30-11-2-12-31(14-13-30)21-10-9-20(15-28-21)24(25,26)27/h3-6,9-10,15,19,23H,2,7-8,11-14,16H2,1H3,(H,29,32). The molecule has 1 amide bonds. The Morgan fingerprint density at radius 1 is 1.09 bits per heavy atom. The molecule has 1 aromatic heterocycles. The Balaban J connectivity index is 1.31. The van der Waals surface area contributed by atoms with Crippen molar-refractivity contribution in [3.05, 3.63) is 59.3 Å². The summed E-state index contributed by atoms with van der Waals surface area (Å²) < 4.78 is 38.3. The van der Waals surface area contributed by atoms with E-state index in [9.17, 15) is 18.0 Å². The van der Waals surface area contributed by atoms with Gasteiger partial charge in [-0.05, 0) is 49.8 Å². The lowest BCUT2D eigenvalue weighted by Gasteiger charge is -2.24. The molecule has 2 aromatic rings. The van der Waals surface area contributed by atoms with Gasteiger partial charge in [0.1, 0.15) is 5.82 Å². The van der Waals surface area contributed by atoms with Crippen LogP contribution < -0.4 is 10.2 Å². The van der Waals surface area contributed by atoms with Gasteiger partial charge in [0, 0.05) is 32.4 Å². The van der Waals surface area contributed by atoms with Crippen LogP contribution in [0.3, 0.4) is 0 Å². The summed E-state index contributed by atoms with van der Waals surface area (Å²) in [5.74, 6) is 1.06. The van der Waals surface area contributed by atoms with Gasteiger partial charge in [-0.15, -0.1) is 0 Å². The molecule has 8 heteroatoms. The van der Waals surface area contributed by atoms with E-state index in [-0.39, 0.29) is 11.9 Å². The van der Waals surface area contributed by atoms with E-state index >= 15 is 0 Å². The van der Waals surface area contributed by atoms with E-state index in [1.54, 1.807) is 0 Å². The Hall–Kier alpha value is -2.61. The van der Waals surface area contributed by atoms with Gasteiger partial charge in [-0.1, -0.05) is 29.8 Å². The summed E-state index contributed by atoms with van der Waals surface area (Å²) in [6, 6.07) is 10.9. The van der Waals surface area contributed by atoms with Gasteiger partial charge in [-0.2, -0.15) is 13.2 Å². The van der Waals surface area contributed by atoms with Gasteiger partial charge in [-0.25, -0.2) is 4.98 Å². The summed E-state index contributed by atoms with van der Waals surface area (Å²) >= 11 is 0. The van der Waals surface area contributed by atoms with Crippen molar-refractivity contribution < 1.29 is 18.0 Å². The molecular weight excluding hydrogens is 417 g/mol. The number of nitrogens with zero attached hydrogens (tertiary/aromatic N) is 3. The first-order valence-electron chi connectivity index (χ1n) is 11.2. The molecule has 1 saturated carbocycles. The Morgan fingerprint density at radius 2 is 1.84 bits per heavy atom. The second-order valence-corrected chi connectivity index (χ2v) is 8.81. The topological polar surface area (TPSA) is 48.5 Å². The van der Waals surface area contributed by atoms with Gasteiger partial charge in [0.25, 0.3) is 0 Å². The highest BCUT2D eigenvalue weighted by Crippen LogP contribution is 2.41. The van der Waals surface area contributed by atoms with Crippen LogP contribution >= 0.6 is 0 Å². The summed E-state index contributed by atoms with van der Waals surface area (Å²) in [5, 5.41) is 3.23. The fourth-order valence-corrected chi connectivity index (χ4v) is 4.20. The van der Waals surface area contributed by atoms with Gasteiger partial charge >= 0.3 is 6.18 Å². The average molecular weight is 447 g/mol. The molecule has 1 N–H and O–H groups in total. The Morgan fingerprint density at radius 3 is 2.47 bits per heavy atom. The van der Waals surface area contributed by atoms with Gasteiger partial charge in [0.05, 0.1) is 18.2 Å². The molecule has 2 heterocycles. The fourth-order valence-electron chi connectivity index (χ4n) is 4.20. The summed E-state index contributed by atoms with van der Waals surface area (Å²) in [4.78, 5) is 20.9. The summed E-state index contributed by atoms with van der Waals surface area (Å²) in [5.41, 5.74) is 1.61. The van der Waals surface area contributed by atoms with E-state index < -0.39 is 11.7 Å². The molecule has 1 atom stereocenters. The molecule has 1 aliphatic carbocycles. The maximum atomic E-state index is 12.8. The van der Waals surface area contributed by atoms with Gasteiger partial charge in [0.15, 0.2) is 0 Å². The van der Waals surface area contributed by atoms with Crippen molar-refractivity contribution in [3.63, 3.8) is 0 Å². The zero-order chi connectivity index (χ0) is 22.7. The number of nitrogens with one attached hydrogen (secondary N) is 1. The number of aryl methyl sites for hydroxylation is 1. The molecule has 172 valence electrons. The third kappa shape index (κ3) is 5.79. The average Bonchev–Trinajstić information content (AvgIpc) is 3.60. The van der Waals surface area contributed by atoms with Crippen molar-refractivity contribution in [2.75, 3.05) is 37.6 Å². The number of hydrogen-bond donors (Lipinski definition) is 1. The zero-order valence-corrected chi connectivity index (χ0v) is 18.2. The maximum absolute atomic E-state index is 12.8. The van der Waals surface area contributed by atoms with Gasteiger partial charge in [-0.3, -0.25) is 9.69 Å². The smallest absolute Gasteiger partial charge is 0.355 e. The van der Waals surface area contributed by atoms with Crippen LogP contribution in [0.4, 0.5) is 19.0 Å². The lowest BCUT2D eigenvalue weighted by Crippen LogP contribution is -2.41. The molecule has 0 radical (unpaired) electrons. The number of rotatable bonds is 6. The molecule has 1 saturated heterocycles.